The van der Waals surface area contributed by atoms with Crippen LogP contribution in [0.25, 0.3) is 0 Å². The molecule has 1 aliphatic carbocycles. The summed E-state index contributed by atoms with van der Waals surface area (Å²) in [4.78, 5) is 13.2. The number of nitrogens with zero attached hydrogens (tertiary/aromatic N) is 3. The molecule has 0 bridgehead atoms. The van der Waals surface area contributed by atoms with Gasteiger partial charge in [-0.15, -0.1) is 0 Å². The molecule has 0 aromatic carbocycles. The fourth-order valence-corrected chi connectivity index (χ4v) is 3.56. The van der Waals surface area contributed by atoms with E-state index in [1.807, 2.05) is 25.8 Å². The summed E-state index contributed by atoms with van der Waals surface area (Å²) >= 11 is 0. The average molecular weight is 314 g/mol. The van der Waals surface area contributed by atoms with E-state index in [0.717, 1.165) is 5.69 Å². The van der Waals surface area contributed by atoms with Gasteiger partial charge in [0.1, 0.15) is 5.69 Å². The number of nitrogens with two attached hydrogens (primary N) is 1. The monoisotopic (exact) mass is 314 g/mol. The largest absolute Gasteiger partial charge is 0.364 e. The highest BCUT2D eigenvalue weighted by Crippen LogP contribution is 2.49. The maximum Gasteiger partial charge on any atom is 0.269 e. The molecule has 3 rings (SSSR count). The number of hydrogen-bond acceptors (Lipinski definition) is 3. The molecule has 22 heavy (non-hydrogen) atoms. The van der Waals surface area contributed by atoms with Gasteiger partial charge in [-0.1, -0.05) is 13.8 Å². The van der Waals surface area contributed by atoms with Crippen molar-refractivity contribution in [3.63, 3.8) is 0 Å². The first kappa shape index (κ1) is 16.9. The lowest BCUT2D eigenvalue weighted by molar-refractivity contribution is -0.00925. The third-order valence-electron chi connectivity index (χ3n) is 4.29. The van der Waals surface area contributed by atoms with Crippen LogP contribution in [0.2, 0.25) is 0 Å². The molecule has 1 aromatic rings. The van der Waals surface area contributed by atoms with Crippen LogP contribution in [0.3, 0.4) is 0 Å². The van der Waals surface area contributed by atoms with Crippen LogP contribution in [0.4, 0.5) is 8.78 Å². The molecule has 0 saturated heterocycles. The Morgan fingerprint density at radius 1 is 1.32 bits per heavy atom. The van der Waals surface area contributed by atoms with E-state index >= 15 is 0 Å². The lowest BCUT2D eigenvalue weighted by atomic mass is 9.85. The van der Waals surface area contributed by atoms with E-state index in [2.05, 4.69) is 5.10 Å². The Balaban J connectivity index is 0.000000847. The Bertz CT molecular complexity index is 558. The number of primary amides is 1. The molecule has 2 heterocycles. The maximum atomic E-state index is 13.6. The van der Waals surface area contributed by atoms with E-state index in [9.17, 15) is 13.6 Å². The summed E-state index contributed by atoms with van der Waals surface area (Å²) in [6.45, 7) is 5.64. The molecule has 0 radical (unpaired) electrons. The van der Waals surface area contributed by atoms with Crippen LogP contribution < -0.4 is 5.73 Å². The predicted molar refractivity (Wildman–Crippen MR) is 79.7 cm³/mol. The summed E-state index contributed by atoms with van der Waals surface area (Å²) in [5.74, 6) is -3.18. The molecule has 1 aliphatic heterocycles. The zero-order valence-corrected chi connectivity index (χ0v) is 13.4. The van der Waals surface area contributed by atoms with E-state index in [1.54, 1.807) is 10.7 Å². The first-order valence-corrected chi connectivity index (χ1v) is 7.72. The molecule has 1 fully saturated rings. The number of halogens is 2. The molecular formula is C15H24F2N4O. The van der Waals surface area contributed by atoms with Gasteiger partial charge in [0.15, 0.2) is 0 Å². The van der Waals surface area contributed by atoms with Crippen molar-refractivity contribution in [2.75, 3.05) is 13.6 Å². The van der Waals surface area contributed by atoms with Gasteiger partial charge in [-0.25, -0.2) is 8.78 Å². The Morgan fingerprint density at radius 3 is 2.55 bits per heavy atom. The quantitative estimate of drug-likeness (QED) is 0.865. The molecule has 1 atom stereocenters. The molecule has 1 unspecified atom stereocenters. The number of fused-ring (bicyclic) bond motifs is 1. The Kier molecular flexibility index (Phi) is 4.56. The number of alkyl halides is 2. The van der Waals surface area contributed by atoms with Gasteiger partial charge >= 0.3 is 0 Å². The lowest BCUT2D eigenvalue weighted by Crippen LogP contribution is -2.35. The second-order valence-electron chi connectivity index (χ2n) is 6.25. The average Bonchev–Trinajstić information content (AvgIpc) is 2.90. The van der Waals surface area contributed by atoms with Crippen molar-refractivity contribution < 1.29 is 13.6 Å². The first-order chi connectivity index (χ1) is 10.3. The van der Waals surface area contributed by atoms with Crippen molar-refractivity contribution in [3.05, 3.63) is 17.5 Å². The molecule has 7 heteroatoms. The van der Waals surface area contributed by atoms with Crippen LogP contribution in [0.5, 0.6) is 0 Å². The minimum absolute atomic E-state index is 0.0693. The van der Waals surface area contributed by atoms with Crippen LogP contribution in [0.1, 0.15) is 49.3 Å². The zero-order valence-electron chi connectivity index (χ0n) is 13.4. The summed E-state index contributed by atoms with van der Waals surface area (Å²) in [5, 5.41) is 4.18. The van der Waals surface area contributed by atoms with E-state index in [1.165, 1.54) is 0 Å². The molecule has 1 spiro atoms. The summed E-state index contributed by atoms with van der Waals surface area (Å²) in [5.41, 5.74) is 5.83. The highest BCUT2D eigenvalue weighted by atomic mass is 19.3. The normalized spacial score (nSPS) is 27.0. The van der Waals surface area contributed by atoms with Crippen molar-refractivity contribution in [2.24, 2.45) is 11.1 Å². The Labute approximate surface area is 129 Å². The molecule has 2 N–H and O–H groups in total. The van der Waals surface area contributed by atoms with E-state index in [0.29, 0.717) is 26.1 Å². The van der Waals surface area contributed by atoms with Crippen LogP contribution in [-0.2, 0) is 13.1 Å². The highest BCUT2D eigenvalue weighted by Gasteiger charge is 2.51. The molecule has 2 aliphatic rings. The van der Waals surface area contributed by atoms with Crippen LogP contribution in [0, 0.1) is 5.41 Å². The Morgan fingerprint density at radius 2 is 2.00 bits per heavy atom. The van der Waals surface area contributed by atoms with Gasteiger partial charge in [0.2, 0.25) is 5.92 Å². The molecular weight excluding hydrogens is 290 g/mol. The van der Waals surface area contributed by atoms with Gasteiger partial charge < -0.3 is 5.73 Å². The van der Waals surface area contributed by atoms with Crippen molar-refractivity contribution in [3.8, 4) is 0 Å². The molecule has 5 nitrogen and oxygen atoms in total. The van der Waals surface area contributed by atoms with Gasteiger partial charge in [-0.2, -0.15) is 5.10 Å². The summed E-state index contributed by atoms with van der Waals surface area (Å²) in [6.07, 6.45) is 0.297. The van der Waals surface area contributed by atoms with Crippen molar-refractivity contribution in [1.29, 1.82) is 0 Å². The van der Waals surface area contributed by atoms with Crippen LogP contribution in [0.15, 0.2) is 6.07 Å². The second-order valence-corrected chi connectivity index (χ2v) is 6.25. The van der Waals surface area contributed by atoms with Crippen molar-refractivity contribution in [2.45, 2.75) is 52.1 Å². The third kappa shape index (κ3) is 3.29. The predicted octanol–water partition coefficient (Wildman–Crippen LogP) is 2.26. The standard InChI is InChI=1S/C13H18F2N4O.C2H6/c1-18-5-9-4-10(11(16)20)17-19(9)8-12(7-18)2-3-13(14,15)6-12;1-2/h4H,2-3,5-8H2,1H3,(H2,16,20);1-2H3. The second kappa shape index (κ2) is 5.95. The highest BCUT2D eigenvalue weighted by molar-refractivity contribution is 5.90. The van der Waals surface area contributed by atoms with Gasteiger partial charge in [0, 0.05) is 37.9 Å². The third-order valence-corrected chi connectivity index (χ3v) is 4.29. The minimum atomic E-state index is -2.59. The van der Waals surface area contributed by atoms with Crippen molar-refractivity contribution >= 4 is 5.91 Å². The number of amides is 1. The van der Waals surface area contributed by atoms with E-state index < -0.39 is 17.2 Å². The smallest absolute Gasteiger partial charge is 0.269 e. The first-order valence-electron chi connectivity index (χ1n) is 7.72. The van der Waals surface area contributed by atoms with Crippen LogP contribution in [-0.4, -0.2) is 40.1 Å². The molecule has 1 aromatic heterocycles. The summed E-state index contributed by atoms with van der Waals surface area (Å²) < 4.78 is 28.9. The topological polar surface area (TPSA) is 64.2 Å². The fourth-order valence-electron chi connectivity index (χ4n) is 3.56. The fraction of sp³-hybridized carbons (Fsp3) is 0.733. The number of hydrogen-bond donors (Lipinski definition) is 1. The van der Waals surface area contributed by atoms with Gasteiger partial charge in [-0.3, -0.25) is 14.4 Å². The number of carbonyl (C=O) groups is 1. The Hall–Kier alpha value is -1.50. The van der Waals surface area contributed by atoms with Gasteiger partial charge in [-0.05, 0) is 19.5 Å². The van der Waals surface area contributed by atoms with Crippen LogP contribution >= 0.6 is 0 Å². The van der Waals surface area contributed by atoms with E-state index in [-0.39, 0.29) is 18.5 Å². The van der Waals surface area contributed by atoms with Gasteiger partial charge in [0.05, 0.1) is 5.69 Å². The van der Waals surface area contributed by atoms with Crippen molar-refractivity contribution in [1.82, 2.24) is 14.7 Å². The molecule has 1 amide bonds. The minimum Gasteiger partial charge on any atom is -0.364 e. The summed E-state index contributed by atoms with van der Waals surface area (Å²) in [6, 6.07) is 1.66. The number of carbonyl (C=O) groups excluding carboxylic acids is 1. The lowest BCUT2D eigenvalue weighted by Gasteiger charge is -2.30. The molecule has 124 valence electrons. The van der Waals surface area contributed by atoms with E-state index in [4.69, 9.17) is 5.73 Å². The number of rotatable bonds is 1. The SMILES string of the molecule is CC.CN1Cc2cc(C(N)=O)nn2CC2(CCC(F)(F)C2)C1. The maximum absolute atomic E-state index is 13.6. The van der Waals surface area contributed by atoms with Gasteiger partial charge in [0.25, 0.3) is 5.91 Å². The zero-order chi connectivity index (χ0) is 16.5. The number of aromatic nitrogens is 2. The molecule has 1 saturated carbocycles. The summed E-state index contributed by atoms with van der Waals surface area (Å²) in [7, 11) is 1.91.